The van der Waals surface area contributed by atoms with Crippen LogP contribution in [0.5, 0.6) is 5.88 Å². The predicted octanol–water partition coefficient (Wildman–Crippen LogP) is 3.23. The van der Waals surface area contributed by atoms with Crippen molar-refractivity contribution < 1.29 is 5.11 Å². The third-order valence-corrected chi connectivity index (χ3v) is 4.43. The van der Waals surface area contributed by atoms with Gasteiger partial charge in [-0.25, -0.2) is 9.55 Å². The zero-order chi connectivity index (χ0) is 21.0. The lowest BCUT2D eigenvalue weighted by atomic mass is 10.1. The van der Waals surface area contributed by atoms with Crippen LogP contribution in [0.4, 0.5) is 11.6 Å². The fraction of sp³-hybridized carbons (Fsp3) is 0.316. The highest BCUT2D eigenvalue weighted by molar-refractivity contribution is 5.56. The van der Waals surface area contributed by atoms with Crippen LogP contribution in [0.15, 0.2) is 39.4 Å². The summed E-state index contributed by atoms with van der Waals surface area (Å²) in [6.07, 6.45) is 3.13. The lowest BCUT2D eigenvalue weighted by molar-refractivity contribution is 0.399. The van der Waals surface area contributed by atoms with Crippen LogP contribution in [0.3, 0.4) is 0 Å². The molecule has 29 heavy (non-hydrogen) atoms. The van der Waals surface area contributed by atoms with Gasteiger partial charge in [0.05, 0.1) is 0 Å². The molecule has 1 N–H and O–H groups in total. The standard InChI is InChI=1S/C19H20N8O2/c1-4-5-10-26-17(28)14(11-20)12(2)16(18(26)29)23-25-19-24-22-13(3)27(19)15-8-6-7-9-21-15/h6-9,28H,4-5,10H2,1-3H3. The molecule has 0 saturated carbocycles. The van der Waals surface area contributed by atoms with Gasteiger partial charge in [0.1, 0.15) is 23.3 Å². The van der Waals surface area contributed by atoms with E-state index >= 15 is 0 Å². The molecular weight excluding hydrogens is 372 g/mol. The van der Waals surface area contributed by atoms with E-state index in [0.29, 0.717) is 18.1 Å². The summed E-state index contributed by atoms with van der Waals surface area (Å²) < 4.78 is 2.75. The maximum absolute atomic E-state index is 12.9. The minimum Gasteiger partial charge on any atom is -0.493 e. The van der Waals surface area contributed by atoms with E-state index in [1.165, 1.54) is 0 Å². The fourth-order valence-corrected chi connectivity index (χ4v) is 2.85. The normalized spacial score (nSPS) is 11.1. The number of hydrogen-bond donors (Lipinski definition) is 1. The van der Waals surface area contributed by atoms with Gasteiger partial charge in [0.15, 0.2) is 5.69 Å². The molecule has 0 saturated heterocycles. The number of nitriles is 1. The Hall–Kier alpha value is -3.87. The second-order valence-electron chi connectivity index (χ2n) is 6.36. The number of unbranched alkanes of at least 4 members (excludes halogenated alkanes) is 1. The Kier molecular flexibility index (Phi) is 5.78. The van der Waals surface area contributed by atoms with Crippen LogP contribution >= 0.6 is 0 Å². The van der Waals surface area contributed by atoms with Crippen LogP contribution in [-0.2, 0) is 6.54 Å². The summed E-state index contributed by atoms with van der Waals surface area (Å²) in [6, 6.07) is 7.31. The van der Waals surface area contributed by atoms with Crippen molar-refractivity contribution in [1.29, 1.82) is 5.26 Å². The van der Waals surface area contributed by atoms with Gasteiger partial charge in [0, 0.05) is 18.3 Å². The second kappa shape index (κ2) is 8.43. The minimum atomic E-state index is -0.517. The lowest BCUT2D eigenvalue weighted by Crippen LogP contribution is -2.22. The van der Waals surface area contributed by atoms with Gasteiger partial charge in [-0.3, -0.25) is 9.36 Å². The molecule has 3 heterocycles. The van der Waals surface area contributed by atoms with Gasteiger partial charge < -0.3 is 5.11 Å². The molecule has 0 atom stereocenters. The first-order valence-corrected chi connectivity index (χ1v) is 9.11. The molecule has 0 unspecified atom stereocenters. The van der Waals surface area contributed by atoms with E-state index in [1.807, 2.05) is 19.1 Å². The molecule has 0 bridgehead atoms. The van der Waals surface area contributed by atoms with Crippen molar-refractivity contribution in [2.75, 3.05) is 0 Å². The summed E-state index contributed by atoms with van der Waals surface area (Å²) in [5, 5.41) is 35.9. The molecule has 148 valence electrons. The molecule has 0 aliphatic rings. The number of aromatic hydroxyl groups is 1. The zero-order valence-electron chi connectivity index (χ0n) is 16.4. The van der Waals surface area contributed by atoms with Gasteiger partial charge in [-0.05, 0) is 32.4 Å². The Labute approximate surface area is 166 Å². The van der Waals surface area contributed by atoms with Crippen LogP contribution in [0, 0.1) is 25.2 Å². The Bertz CT molecular complexity index is 1160. The van der Waals surface area contributed by atoms with Gasteiger partial charge in [0.25, 0.3) is 11.5 Å². The van der Waals surface area contributed by atoms with Crippen LogP contribution in [0.2, 0.25) is 0 Å². The largest absolute Gasteiger partial charge is 0.493 e. The molecule has 0 radical (unpaired) electrons. The van der Waals surface area contributed by atoms with Gasteiger partial charge >= 0.3 is 0 Å². The monoisotopic (exact) mass is 392 g/mol. The number of nitrogens with zero attached hydrogens (tertiary/aromatic N) is 8. The molecule has 0 spiro atoms. The first kappa shape index (κ1) is 19.9. The van der Waals surface area contributed by atoms with Crippen LogP contribution in [0.1, 0.15) is 36.7 Å². The quantitative estimate of drug-likeness (QED) is 0.640. The number of pyridine rings is 2. The summed E-state index contributed by atoms with van der Waals surface area (Å²) in [4.78, 5) is 17.1. The molecular formula is C19H20N8O2. The molecule has 0 fully saturated rings. The minimum absolute atomic E-state index is 0.00275. The average Bonchev–Trinajstić information content (AvgIpc) is 3.09. The molecule has 0 aliphatic heterocycles. The van der Waals surface area contributed by atoms with E-state index in [9.17, 15) is 15.2 Å². The number of rotatable bonds is 6. The van der Waals surface area contributed by atoms with E-state index < -0.39 is 5.56 Å². The van der Waals surface area contributed by atoms with Crippen molar-refractivity contribution in [3.8, 4) is 17.8 Å². The highest BCUT2D eigenvalue weighted by Gasteiger charge is 2.19. The molecule has 3 rings (SSSR count). The smallest absolute Gasteiger partial charge is 0.281 e. The third-order valence-electron chi connectivity index (χ3n) is 4.43. The molecule has 0 aromatic carbocycles. The van der Waals surface area contributed by atoms with Crippen LogP contribution in [-0.4, -0.2) is 29.4 Å². The van der Waals surface area contributed by atoms with Crippen molar-refractivity contribution >= 4 is 11.6 Å². The lowest BCUT2D eigenvalue weighted by Gasteiger charge is -2.12. The van der Waals surface area contributed by atoms with Crippen molar-refractivity contribution in [1.82, 2.24) is 24.3 Å². The fourth-order valence-electron chi connectivity index (χ4n) is 2.85. The van der Waals surface area contributed by atoms with E-state index in [4.69, 9.17) is 0 Å². The van der Waals surface area contributed by atoms with Gasteiger partial charge in [-0.2, -0.15) is 5.26 Å². The molecule has 3 aromatic rings. The predicted molar refractivity (Wildman–Crippen MR) is 105 cm³/mol. The summed E-state index contributed by atoms with van der Waals surface area (Å²) in [5.41, 5.74) is -0.287. The molecule has 10 heteroatoms. The molecule has 0 amide bonds. The van der Waals surface area contributed by atoms with Gasteiger partial charge in [0.2, 0.25) is 5.88 Å². The number of aromatic nitrogens is 5. The van der Waals surface area contributed by atoms with Gasteiger partial charge in [-0.1, -0.05) is 19.4 Å². The first-order valence-electron chi connectivity index (χ1n) is 9.11. The maximum Gasteiger partial charge on any atom is 0.281 e. The van der Waals surface area contributed by atoms with E-state index in [2.05, 4.69) is 25.4 Å². The van der Waals surface area contributed by atoms with Crippen molar-refractivity contribution in [3.05, 3.63) is 51.7 Å². The summed E-state index contributed by atoms with van der Waals surface area (Å²) in [6.45, 7) is 5.54. The molecule has 3 aromatic heterocycles. The Morgan fingerprint density at radius 1 is 1.24 bits per heavy atom. The summed E-state index contributed by atoms with van der Waals surface area (Å²) in [5.74, 6) is 0.907. The number of hydrogen-bond acceptors (Lipinski definition) is 8. The Balaban J connectivity index is 2.11. The second-order valence-corrected chi connectivity index (χ2v) is 6.36. The van der Waals surface area contributed by atoms with Crippen LogP contribution < -0.4 is 5.56 Å². The SMILES string of the molecule is CCCCn1c(O)c(C#N)c(C)c(N=Nc2nnc(C)n2-c2ccccn2)c1=O. The third kappa shape index (κ3) is 3.75. The van der Waals surface area contributed by atoms with E-state index in [-0.39, 0.29) is 35.2 Å². The Morgan fingerprint density at radius 2 is 2.03 bits per heavy atom. The topological polar surface area (TPSA) is 134 Å². The number of aryl methyl sites for hydroxylation is 1. The van der Waals surface area contributed by atoms with Gasteiger partial charge in [-0.15, -0.1) is 20.4 Å². The first-order chi connectivity index (χ1) is 14.0. The summed E-state index contributed by atoms with van der Waals surface area (Å²) in [7, 11) is 0. The Morgan fingerprint density at radius 3 is 2.69 bits per heavy atom. The maximum atomic E-state index is 12.9. The highest BCUT2D eigenvalue weighted by Crippen LogP contribution is 2.27. The van der Waals surface area contributed by atoms with Crippen molar-refractivity contribution in [2.45, 2.75) is 40.2 Å². The molecule has 0 aliphatic carbocycles. The highest BCUT2D eigenvalue weighted by atomic mass is 16.3. The van der Waals surface area contributed by atoms with Crippen molar-refractivity contribution in [2.24, 2.45) is 10.2 Å². The van der Waals surface area contributed by atoms with Crippen LogP contribution in [0.25, 0.3) is 5.82 Å². The molecule has 10 nitrogen and oxygen atoms in total. The zero-order valence-corrected chi connectivity index (χ0v) is 16.4. The van der Waals surface area contributed by atoms with Crippen molar-refractivity contribution in [3.63, 3.8) is 0 Å². The van der Waals surface area contributed by atoms with E-state index in [1.54, 1.807) is 36.7 Å². The number of azo groups is 1. The van der Waals surface area contributed by atoms with E-state index in [0.717, 1.165) is 11.0 Å². The average molecular weight is 392 g/mol. The summed E-state index contributed by atoms with van der Waals surface area (Å²) >= 11 is 0.